The van der Waals surface area contributed by atoms with Crippen molar-refractivity contribution in [3.8, 4) is 22.3 Å². The Kier molecular flexibility index (Phi) is 7.19. The first kappa shape index (κ1) is 31.1. The van der Waals surface area contributed by atoms with Gasteiger partial charge in [-0.3, -0.25) is 0 Å². The summed E-state index contributed by atoms with van der Waals surface area (Å²) in [6, 6.07) is 65.7. The lowest BCUT2D eigenvalue weighted by molar-refractivity contribution is 0.668. The molecule has 10 aromatic rings. The van der Waals surface area contributed by atoms with Crippen LogP contribution in [0.15, 0.2) is 191 Å². The van der Waals surface area contributed by atoms with Gasteiger partial charge in [0, 0.05) is 21.5 Å². The van der Waals surface area contributed by atoms with Gasteiger partial charge < -0.3 is 8.83 Å². The third kappa shape index (κ3) is 4.94. The molecule has 0 saturated heterocycles. The van der Waals surface area contributed by atoms with Gasteiger partial charge in [-0.25, -0.2) is 0 Å². The highest BCUT2D eigenvalue weighted by Crippen LogP contribution is 2.47. The van der Waals surface area contributed by atoms with Crippen molar-refractivity contribution >= 4 is 43.9 Å². The second kappa shape index (κ2) is 12.3. The minimum Gasteiger partial charge on any atom is -0.456 e. The molecule has 252 valence electrons. The summed E-state index contributed by atoms with van der Waals surface area (Å²) in [6.45, 7) is 4.47. The van der Waals surface area contributed by atoms with Gasteiger partial charge in [-0.05, 0) is 106 Å². The number of hydrogen-bond acceptors (Lipinski definition) is 2. The minimum absolute atomic E-state index is 0.565. The molecule has 0 unspecified atom stereocenters. The van der Waals surface area contributed by atoms with E-state index in [1.54, 1.807) is 0 Å². The molecular formula is C51H36O2. The summed E-state index contributed by atoms with van der Waals surface area (Å²) in [4.78, 5) is 0. The number of fused-ring (bicyclic) bond motifs is 6. The van der Waals surface area contributed by atoms with E-state index in [1.807, 2.05) is 24.3 Å². The molecule has 53 heavy (non-hydrogen) atoms. The van der Waals surface area contributed by atoms with Gasteiger partial charge in [0.2, 0.25) is 0 Å². The Hall–Kier alpha value is -6.64. The number of para-hydroxylation sites is 2. The first-order chi connectivity index (χ1) is 26.1. The van der Waals surface area contributed by atoms with E-state index >= 15 is 0 Å². The van der Waals surface area contributed by atoms with E-state index in [2.05, 4.69) is 172 Å². The van der Waals surface area contributed by atoms with Crippen LogP contribution in [0.1, 0.15) is 33.4 Å². The Labute approximate surface area is 308 Å². The van der Waals surface area contributed by atoms with Crippen molar-refractivity contribution in [3.63, 3.8) is 0 Å². The van der Waals surface area contributed by atoms with Gasteiger partial charge in [-0.15, -0.1) is 0 Å². The molecule has 0 bridgehead atoms. The summed E-state index contributed by atoms with van der Waals surface area (Å²) in [5.74, 6) is 0. The van der Waals surface area contributed by atoms with Gasteiger partial charge in [0.1, 0.15) is 22.3 Å². The van der Waals surface area contributed by atoms with E-state index in [0.29, 0.717) is 0 Å². The molecule has 0 atom stereocenters. The Morgan fingerprint density at radius 1 is 0.321 bits per heavy atom. The Morgan fingerprint density at radius 2 is 0.717 bits per heavy atom. The average molecular weight is 681 g/mol. The molecular weight excluding hydrogens is 645 g/mol. The van der Waals surface area contributed by atoms with Gasteiger partial charge in [0.25, 0.3) is 0 Å². The lowest BCUT2D eigenvalue weighted by atomic mass is 9.64. The van der Waals surface area contributed by atoms with Crippen molar-refractivity contribution in [1.82, 2.24) is 0 Å². The number of benzene rings is 8. The monoisotopic (exact) mass is 680 g/mol. The molecule has 0 amide bonds. The van der Waals surface area contributed by atoms with Crippen LogP contribution in [0.5, 0.6) is 0 Å². The van der Waals surface area contributed by atoms with Gasteiger partial charge in [-0.2, -0.15) is 0 Å². The van der Waals surface area contributed by atoms with Crippen LogP contribution in [0.3, 0.4) is 0 Å². The van der Waals surface area contributed by atoms with Gasteiger partial charge >= 0.3 is 0 Å². The molecule has 0 spiro atoms. The summed E-state index contributed by atoms with van der Waals surface area (Å²) < 4.78 is 12.3. The van der Waals surface area contributed by atoms with Crippen LogP contribution in [0.2, 0.25) is 0 Å². The predicted molar refractivity (Wildman–Crippen MR) is 220 cm³/mol. The maximum Gasteiger partial charge on any atom is 0.135 e. The number of aryl methyl sites for hydroxylation is 2. The number of rotatable bonds is 6. The maximum absolute atomic E-state index is 6.16. The highest BCUT2D eigenvalue weighted by Gasteiger charge is 2.39. The zero-order valence-corrected chi connectivity index (χ0v) is 29.6. The quantitative estimate of drug-likeness (QED) is 0.163. The van der Waals surface area contributed by atoms with E-state index in [9.17, 15) is 0 Å². The molecule has 0 N–H and O–H groups in total. The topological polar surface area (TPSA) is 26.3 Å². The summed E-state index contributed by atoms with van der Waals surface area (Å²) in [7, 11) is 0. The van der Waals surface area contributed by atoms with Crippen LogP contribution in [-0.2, 0) is 5.41 Å². The van der Waals surface area contributed by atoms with Crippen molar-refractivity contribution in [2.45, 2.75) is 19.3 Å². The SMILES string of the molecule is Cc1cc(C(c2ccccc2)(c2ccccc2)c2ccc(-c3ccc4oc5ccccc5c4c3)c(C)c2)ccc1-c1ccc2oc3ccccc3c2c1. The van der Waals surface area contributed by atoms with Crippen LogP contribution in [0.25, 0.3) is 66.1 Å². The second-order valence-electron chi connectivity index (χ2n) is 14.2. The summed E-state index contributed by atoms with van der Waals surface area (Å²) in [6.07, 6.45) is 0. The van der Waals surface area contributed by atoms with Gasteiger partial charge in [0.15, 0.2) is 0 Å². The van der Waals surface area contributed by atoms with Crippen molar-refractivity contribution in [2.24, 2.45) is 0 Å². The maximum atomic E-state index is 6.16. The third-order valence-electron chi connectivity index (χ3n) is 11.1. The van der Waals surface area contributed by atoms with Crippen LogP contribution in [0.4, 0.5) is 0 Å². The van der Waals surface area contributed by atoms with Crippen molar-refractivity contribution in [1.29, 1.82) is 0 Å². The molecule has 0 aliphatic carbocycles. The third-order valence-corrected chi connectivity index (χ3v) is 11.1. The highest BCUT2D eigenvalue weighted by atomic mass is 16.3. The first-order valence-electron chi connectivity index (χ1n) is 18.2. The molecule has 2 nitrogen and oxygen atoms in total. The average Bonchev–Trinajstić information content (AvgIpc) is 3.77. The fourth-order valence-electron chi connectivity index (χ4n) is 8.61. The molecule has 0 saturated carbocycles. The zero-order valence-electron chi connectivity index (χ0n) is 29.6. The fraction of sp³-hybridized carbons (Fsp3) is 0.0588. The molecule has 0 aliphatic heterocycles. The van der Waals surface area contributed by atoms with Crippen LogP contribution in [0, 0.1) is 13.8 Å². The molecule has 8 aromatic carbocycles. The van der Waals surface area contributed by atoms with Crippen LogP contribution in [-0.4, -0.2) is 0 Å². The standard InChI is InChI=1S/C51H36O2/c1-33-29-39(23-25-41(33)35-21-27-49-45(31-35)43-17-9-11-19-47(43)52-49)51(37-13-5-3-6-14-37,38-15-7-4-8-16-38)40-24-26-42(34(2)30-40)36-22-28-50-46(32-36)44-18-10-12-20-48(44)53-50/h3-32H,1-2H3. The van der Waals surface area contributed by atoms with Gasteiger partial charge in [0.05, 0.1) is 5.41 Å². The fourth-order valence-corrected chi connectivity index (χ4v) is 8.61. The van der Waals surface area contributed by atoms with Crippen LogP contribution < -0.4 is 0 Å². The van der Waals surface area contributed by atoms with Crippen LogP contribution >= 0.6 is 0 Å². The first-order valence-corrected chi connectivity index (χ1v) is 18.2. The molecule has 2 heterocycles. The van der Waals surface area contributed by atoms with Crippen molar-refractivity contribution in [2.75, 3.05) is 0 Å². The summed E-state index contributed by atoms with van der Waals surface area (Å²) in [5, 5.41) is 4.56. The van der Waals surface area contributed by atoms with Gasteiger partial charge in [-0.1, -0.05) is 146 Å². The zero-order chi connectivity index (χ0) is 35.5. The van der Waals surface area contributed by atoms with E-state index < -0.39 is 5.41 Å². The Bertz CT molecular complexity index is 2760. The van der Waals surface area contributed by atoms with E-state index in [-0.39, 0.29) is 0 Å². The molecule has 0 fully saturated rings. The molecule has 0 aliphatic rings. The largest absolute Gasteiger partial charge is 0.456 e. The van der Waals surface area contributed by atoms with E-state index in [0.717, 1.165) is 43.9 Å². The van der Waals surface area contributed by atoms with E-state index in [1.165, 1.54) is 55.6 Å². The van der Waals surface area contributed by atoms with Crippen molar-refractivity contribution < 1.29 is 8.83 Å². The lowest BCUT2D eigenvalue weighted by Gasteiger charge is -2.37. The molecule has 10 rings (SSSR count). The smallest absolute Gasteiger partial charge is 0.135 e. The van der Waals surface area contributed by atoms with Crippen molar-refractivity contribution in [3.05, 3.63) is 215 Å². The molecule has 2 heteroatoms. The van der Waals surface area contributed by atoms with E-state index in [4.69, 9.17) is 8.83 Å². The second-order valence-corrected chi connectivity index (χ2v) is 14.2. The normalized spacial score (nSPS) is 12.0. The predicted octanol–water partition coefficient (Wildman–Crippen LogP) is 13.8. The molecule has 0 radical (unpaired) electrons. The molecule has 2 aromatic heterocycles. The number of furan rings is 2. The summed E-state index contributed by atoms with van der Waals surface area (Å²) in [5.41, 5.74) is 15.2. The summed E-state index contributed by atoms with van der Waals surface area (Å²) >= 11 is 0. The Morgan fingerprint density at radius 3 is 1.15 bits per heavy atom. The Balaban J connectivity index is 1.15. The lowest BCUT2D eigenvalue weighted by Crippen LogP contribution is -2.31. The minimum atomic E-state index is -0.565. The number of hydrogen-bond donors (Lipinski definition) is 0. The highest BCUT2D eigenvalue weighted by molar-refractivity contribution is 6.07.